The molecule has 140 valence electrons. The van der Waals surface area contributed by atoms with Crippen LogP contribution in [0.1, 0.15) is 39.4 Å². The Morgan fingerprint density at radius 1 is 1.08 bits per heavy atom. The summed E-state index contributed by atoms with van der Waals surface area (Å²) in [5, 5.41) is 0. The van der Waals surface area contributed by atoms with Crippen LogP contribution in [0.3, 0.4) is 0 Å². The van der Waals surface area contributed by atoms with Crippen molar-refractivity contribution < 1.29 is 23.9 Å². The lowest BCUT2D eigenvalue weighted by Gasteiger charge is -2.29. The van der Waals surface area contributed by atoms with Gasteiger partial charge in [-0.15, -0.1) is 0 Å². The zero-order chi connectivity index (χ0) is 19.0. The first-order chi connectivity index (χ1) is 12.3. The van der Waals surface area contributed by atoms with Gasteiger partial charge in [0, 0.05) is 0 Å². The first-order valence-corrected chi connectivity index (χ1v) is 9.08. The lowest BCUT2D eigenvalue weighted by molar-refractivity contribution is -0.145. The van der Waals surface area contributed by atoms with Gasteiger partial charge in [0.15, 0.2) is 0 Å². The van der Waals surface area contributed by atoms with Gasteiger partial charge in [-0.05, 0) is 17.4 Å². The molecule has 4 atom stereocenters. The van der Waals surface area contributed by atoms with Gasteiger partial charge in [0.05, 0.1) is 17.9 Å². The highest BCUT2D eigenvalue weighted by Gasteiger charge is 2.54. The van der Waals surface area contributed by atoms with Crippen LogP contribution in [0.25, 0.3) is 0 Å². The lowest BCUT2D eigenvalue weighted by Crippen LogP contribution is -2.47. The van der Waals surface area contributed by atoms with Crippen molar-refractivity contribution >= 4 is 18.0 Å². The molecule has 0 aliphatic carbocycles. The predicted molar refractivity (Wildman–Crippen MR) is 93.9 cm³/mol. The molecule has 26 heavy (non-hydrogen) atoms. The number of benzene rings is 1. The average Bonchev–Trinajstić information content (AvgIpc) is 3.15. The third-order valence-corrected chi connectivity index (χ3v) is 5.27. The number of cyclic esters (lactones) is 2. The number of nitrogens with zero attached hydrogens (tertiary/aromatic N) is 1. The van der Waals surface area contributed by atoms with Crippen LogP contribution in [0.15, 0.2) is 30.3 Å². The Balaban J connectivity index is 2.00. The quantitative estimate of drug-likeness (QED) is 0.772. The van der Waals surface area contributed by atoms with Crippen LogP contribution in [-0.4, -0.2) is 35.5 Å². The zero-order valence-corrected chi connectivity index (χ0v) is 15.5. The van der Waals surface area contributed by atoms with Crippen molar-refractivity contribution in [3.8, 4) is 0 Å². The monoisotopic (exact) mass is 359 g/mol. The van der Waals surface area contributed by atoms with Crippen molar-refractivity contribution in [2.75, 3.05) is 6.61 Å². The van der Waals surface area contributed by atoms with E-state index in [9.17, 15) is 14.4 Å². The van der Waals surface area contributed by atoms with E-state index in [4.69, 9.17) is 9.47 Å². The van der Waals surface area contributed by atoms with Gasteiger partial charge in [0.25, 0.3) is 0 Å². The van der Waals surface area contributed by atoms with Crippen LogP contribution >= 0.6 is 0 Å². The summed E-state index contributed by atoms with van der Waals surface area (Å²) in [6.07, 6.45) is -1.33. The summed E-state index contributed by atoms with van der Waals surface area (Å²) in [5.74, 6) is -2.12. The van der Waals surface area contributed by atoms with Gasteiger partial charge in [0.2, 0.25) is 5.91 Å². The molecule has 0 spiro atoms. The Labute approximate surface area is 153 Å². The van der Waals surface area contributed by atoms with E-state index in [2.05, 4.69) is 0 Å². The number of amides is 2. The fourth-order valence-electron chi connectivity index (χ4n) is 3.84. The van der Waals surface area contributed by atoms with E-state index in [1.807, 2.05) is 58.0 Å². The average molecular weight is 359 g/mol. The highest BCUT2D eigenvalue weighted by molar-refractivity contribution is 5.98. The van der Waals surface area contributed by atoms with E-state index < -0.39 is 24.0 Å². The van der Waals surface area contributed by atoms with E-state index in [-0.39, 0.29) is 36.4 Å². The summed E-state index contributed by atoms with van der Waals surface area (Å²) in [6, 6.07) is 8.90. The summed E-state index contributed by atoms with van der Waals surface area (Å²) in [4.78, 5) is 39.4. The van der Waals surface area contributed by atoms with Crippen LogP contribution in [0.4, 0.5) is 4.79 Å². The molecule has 0 bridgehead atoms. The molecular formula is C20H25NO5. The largest absolute Gasteiger partial charge is 0.456 e. The summed E-state index contributed by atoms with van der Waals surface area (Å²) < 4.78 is 10.7. The highest BCUT2D eigenvalue weighted by Crippen LogP contribution is 2.44. The van der Waals surface area contributed by atoms with Crippen molar-refractivity contribution in [1.82, 2.24) is 4.90 Å². The minimum atomic E-state index is -0.739. The number of rotatable bonds is 4. The molecule has 0 aromatic heterocycles. The third kappa shape index (κ3) is 3.08. The highest BCUT2D eigenvalue weighted by atomic mass is 16.6. The summed E-state index contributed by atoms with van der Waals surface area (Å²) >= 11 is 0. The zero-order valence-electron chi connectivity index (χ0n) is 15.5. The molecule has 0 radical (unpaired) electrons. The minimum absolute atomic E-state index is 0.0658. The molecule has 2 fully saturated rings. The van der Waals surface area contributed by atoms with E-state index in [0.29, 0.717) is 0 Å². The van der Waals surface area contributed by atoms with Gasteiger partial charge < -0.3 is 9.47 Å². The topological polar surface area (TPSA) is 72.9 Å². The second kappa shape index (κ2) is 7.09. The molecule has 0 saturated carbocycles. The number of hydrogen-bond acceptors (Lipinski definition) is 5. The Kier molecular flexibility index (Phi) is 5.03. The minimum Gasteiger partial charge on any atom is -0.456 e. The Morgan fingerprint density at radius 3 is 2.31 bits per heavy atom. The van der Waals surface area contributed by atoms with Gasteiger partial charge in [0.1, 0.15) is 12.7 Å². The molecule has 0 N–H and O–H groups in total. The lowest BCUT2D eigenvalue weighted by atomic mass is 9.79. The van der Waals surface area contributed by atoms with Gasteiger partial charge in [-0.1, -0.05) is 58.0 Å². The first kappa shape index (κ1) is 18.4. The van der Waals surface area contributed by atoms with E-state index in [0.717, 1.165) is 5.56 Å². The second-order valence-corrected chi connectivity index (χ2v) is 7.66. The number of ether oxygens (including phenoxy) is 2. The van der Waals surface area contributed by atoms with Crippen LogP contribution < -0.4 is 0 Å². The molecule has 2 heterocycles. The summed E-state index contributed by atoms with van der Waals surface area (Å²) in [5.41, 5.74) is 0.760. The molecule has 2 aliphatic rings. The SMILES string of the molecule is CC(C)[C@H]1C(=O)O[C@H](c2ccccc2)[C@@H]1C(=O)N1C(=O)OC[C@@H]1C(C)C. The van der Waals surface area contributed by atoms with Crippen LogP contribution in [0, 0.1) is 23.7 Å². The van der Waals surface area contributed by atoms with E-state index in [1.165, 1.54) is 4.90 Å². The fraction of sp³-hybridized carbons (Fsp3) is 0.550. The second-order valence-electron chi connectivity index (χ2n) is 7.66. The van der Waals surface area contributed by atoms with Crippen LogP contribution in [-0.2, 0) is 19.1 Å². The molecule has 2 amide bonds. The standard InChI is InChI=1S/C20H25NO5/c1-11(2)14-10-25-20(24)21(14)18(22)16-15(12(3)4)19(23)26-17(16)13-8-6-5-7-9-13/h5-9,11-12,14-17H,10H2,1-4H3/t14-,15-,16-,17-/m1/s1. The van der Waals surface area contributed by atoms with Crippen molar-refractivity contribution in [2.45, 2.75) is 39.8 Å². The van der Waals surface area contributed by atoms with Crippen molar-refractivity contribution in [3.05, 3.63) is 35.9 Å². The molecule has 1 aromatic carbocycles. The molecule has 1 aromatic rings. The third-order valence-electron chi connectivity index (χ3n) is 5.27. The smallest absolute Gasteiger partial charge is 0.416 e. The van der Waals surface area contributed by atoms with Crippen molar-refractivity contribution in [1.29, 1.82) is 0 Å². The number of carbonyl (C=O) groups excluding carboxylic acids is 3. The van der Waals surface area contributed by atoms with E-state index in [1.54, 1.807) is 0 Å². The summed E-state index contributed by atoms with van der Waals surface area (Å²) in [7, 11) is 0. The van der Waals surface area contributed by atoms with Crippen molar-refractivity contribution in [3.63, 3.8) is 0 Å². The Morgan fingerprint density at radius 2 is 1.73 bits per heavy atom. The fourth-order valence-corrected chi connectivity index (χ4v) is 3.84. The molecule has 6 heteroatoms. The Bertz CT molecular complexity index is 699. The summed E-state index contributed by atoms with van der Waals surface area (Å²) in [6.45, 7) is 7.85. The molecule has 0 unspecified atom stereocenters. The van der Waals surface area contributed by atoms with Gasteiger partial charge >= 0.3 is 12.1 Å². The van der Waals surface area contributed by atoms with Crippen LogP contribution in [0.2, 0.25) is 0 Å². The maximum atomic E-state index is 13.4. The molecule has 6 nitrogen and oxygen atoms in total. The normalized spacial score (nSPS) is 28.6. The maximum Gasteiger partial charge on any atom is 0.416 e. The predicted octanol–water partition coefficient (Wildman–Crippen LogP) is 3.18. The molecule has 2 saturated heterocycles. The number of imide groups is 1. The van der Waals surface area contributed by atoms with Gasteiger partial charge in [-0.3, -0.25) is 9.59 Å². The van der Waals surface area contributed by atoms with Crippen LogP contribution in [0.5, 0.6) is 0 Å². The van der Waals surface area contributed by atoms with E-state index >= 15 is 0 Å². The molecule has 3 rings (SSSR count). The number of esters is 1. The van der Waals surface area contributed by atoms with Gasteiger partial charge in [-0.2, -0.15) is 0 Å². The maximum absolute atomic E-state index is 13.4. The first-order valence-electron chi connectivity index (χ1n) is 9.08. The van der Waals surface area contributed by atoms with Crippen molar-refractivity contribution in [2.24, 2.45) is 23.7 Å². The number of hydrogen-bond donors (Lipinski definition) is 0. The molecule has 2 aliphatic heterocycles. The molecular weight excluding hydrogens is 334 g/mol. The Hall–Kier alpha value is -2.37. The number of carbonyl (C=O) groups is 3. The van der Waals surface area contributed by atoms with Gasteiger partial charge in [-0.25, -0.2) is 9.69 Å².